The topological polar surface area (TPSA) is 88.8 Å². The Morgan fingerprint density at radius 1 is 1.38 bits per heavy atom. The molecule has 112 valence electrons. The number of thioether (sulfide) groups is 1. The van der Waals surface area contributed by atoms with Crippen LogP contribution in [0.4, 0.5) is 0 Å². The summed E-state index contributed by atoms with van der Waals surface area (Å²) in [5.74, 6) is 0.432. The molecule has 0 fully saturated rings. The van der Waals surface area contributed by atoms with E-state index >= 15 is 0 Å². The Labute approximate surface area is 130 Å². The van der Waals surface area contributed by atoms with E-state index in [4.69, 9.17) is 5.73 Å². The molecule has 21 heavy (non-hydrogen) atoms. The normalized spacial score (nSPS) is 14.3. The molecule has 0 aliphatic heterocycles. The monoisotopic (exact) mass is 323 g/mol. The van der Waals surface area contributed by atoms with Crippen molar-refractivity contribution in [2.24, 2.45) is 5.73 Å². The van der Waals surface area contributed by atoms with Gasteiger partial charge in [0.25, 0.3) is 5.56 Å². The van der Waals surface area contributed by atoms with E-state index in [9.17, 15) is 9.59 Å². The number of aromatic amines is 1. The lowest BCUT2D eigenvalue weighted by atomic mass is 9.97. The van der Waals surface area contributed by atoms with E-state index < -0.39 is 0 Å². The summed E-state index contributed by atoms with van der Waals surface area (Å²) in [7, 11) is 0. The van der Waals surface area contributed by atoms with Crippen LogP contribution in [0, 0.1) is 0 Å². The molecule has 3 rings (SSSR count). The van der Waals surface area contributed by atoms with Gasteiger partial charge in [0.05, 0.1) is 5.39 Å². The highest BCUT2D eigenvalue weighted by Crippen LogP contribution is 2.34. The molecule has 1 aliphatic rings. The number of carbonyl (C=O) groups excluding carboxylic acids is 1. The molecule has 0 atom stereocenters. The van der Waals surface area contributed by atoms with Gasteiger partial charge in [-0.25, -0.2) is 4.98 Å². The number of nitrogens with zero attached hydrogens (tertiary/aromatic N) is 1. The molecule has 2 aromatic heterocycles. The maximum Gasteiger partial charge on any atom is 0.260 e. The van der Waals surface area contributed by atoms with Crippen LogP contribution in [0.15, 0.2) is 9.95 Å². The summed E-state index contributed by atoms with van der Waals surface area (Å²) in [6.07, 6.45) is 5.48. The van der Waals surface area contributed by atoms with Crippen molar-refractivity contribution < 1.29 is 4.79 Å². The van der Waals surface area contributed by atoms with Crippen LogP contribution < -0.4 is 11.3 Å². The van der Waals surface area contributed by atoms with Gasteiger partial charge in [-0.05, 0) is 37.7 Å². The van der Waals surface area contributed by atoms with Gasteiger partial charge in [-0.15, -0.1) is 11.3 Å². The fourth-order valence-corrected chi connectivity index (χ4v) is 4.75. The molecule has 0 radical (unpaired) electrons. The zero-order valence-corrected chi connectivity index (χ0v) is 13.2. The largest absolute Gasteiger partial charge is 0.370 e. The quantitative estimate of drug-likeness (QED) is 0.501. The fraction of sp³-hybridized carbons (Fsp3) is 0.500. The van der Waals surface area contributed by atoms with E-state index in [0.29, 0.717) is 18.0 Å². The molecular weight excluding hydrogens is 306 g/mol. The second-order valence-corrected chi connectivity index (χ2v) is 7.35. The number of H-pyrrole nitrogens is 1. The Morgan fingerprint density at radius 2 is 2.19 bits per heavy atom. The highest BCUT2D eigenvalue weighted by molar-refractivity contribution is 7.99. The van der Waals surface area contributed by atoms with Gasteiger partial charge in [-0.2, -0.15) is 0 Å². The smallest absolute Gasteiger partial charge is 0.260 e. The van der Waals surface area contributed by atoms with Crippen molar-refractivity contribution in [3.63, 3.8) is 0 Å². The lowest BCUT2D eigenvalue weighted by Crippen LogP contribution is -2.11. The average Bonchev–Trinajstić information content (AvgIpc) is 2.82. The summed E-state index contributed by atoms with van der Waals surface area (Å²) in [4.78, 5) is 32.6. The molecule has 0 aromatic carbocycles. The number of hydrogen-bond acceptors (Lipinski definition) is 5. The van der Waals surface area contributed by atoms with Crippen LogP contribution in [0.2, 0.25) is 0 Å². The Morgan fingerprint density at radius 3 is 3.00 bits per heavy atom. The summed E-state index contributed by atoms with van der Waals surface area (Å²) in [6.45, 7) is 0. The minimum Gasteiger partial charge on any atom is -0.370 e. The van der Waals surface area contributed by atoms with Crippen LogP contribution in [0.1, 0.15) is 36.1 Å². The molecule has 0 unspecified atom stereocenters. The summed E-state index contributed by atoms with van der Waals surface area (Å²) < 4.78 is 0. The number of aromatic nitrogens is 2. The highest BCUT2D eigenvalue weighted by atomic mass is 32.2. The summed E-state index contributed by atoms with van der Waals surface area (Å²) in [6, 6.07) is 0. The molecule has 0 saturated heterocycles. The SMILES string of the molecule is NC(=O)CCCSc1nc2sc3c(c2c(=O)[nH]1)CCCC3. The number of primary amides is 1. The number of carbonyl (C=O) groups is 1. The lowest BCUT2D eigenvalue weighted by molar-refractivity contribution is -0.118. The number of nitrogens with one attached hydrogen (secondary N) is 1. The van der Waals surface area contributed by atoms with Gasteiger partial charge >= 0.3 is 0 Å². The van der Waals surface area contributed by atoms with Crippen LogP contribution >= 0.6 is 23.1 Å². The molecule has 2 aromatic rings. The van der Waals surface area contributed by atoms with Crippen molar-refractivity contribution >= 4 is 39.2 Å². The molecule has 5 nitrogen and oxygen atoms in total. The highest BCUT2D eigenvalue weighted by Gasteiger charge is 2.19. The molecule has 0 saturated carbocycles. The first-order chi connectivity index (χ1) is 10.1. The van der Waals surface area contributed by atoms with Crippen molar-refractivity contribution in [3.8, 4) is 0 Å². The molecule has 0 spiro atoms. The molecular formula is C14H17N3O2S2. The Bertz CT molecular complexity index is 736. The van der Waals surface area contributed by atoms with E-state index in [0.717, 1.165) is 35.2 Å². The number of thiophene rings is 1. The summed E-state index contributed by atoms with van der Waals surface area (Å²) >= 11 is 3.12. The van der Waals surface area contributed by atoms with Gasteiger partial charge in [-0.1, -0.05) is 11.8 Å². The van der Waals surface area contributed by atoms with Crippen molar-refractivity contribution in [1.29, 1.82) is 0 Å². The fourth-order valence-electron chi connectivity index (χ4n) is 2.63. The zero-order chi connectivity index (χ0) is 14.8. The van der Waals surface area contributed by atoms with Gasteiger partial charge < -0.3 is 10.7 Å². The molecule has 7 heteroatoms. The third kappa shape index (κ3) is 3.13. The second-order valence-electron chi connectivity index (χ2n) is 5.18. The molecule has 1 amide bonds. The summed E-state index contributed by atoms with van der Waals surface area (Å²) in [5.41, 5.74) is 6.28. The van der Waals surface area contributed by atoms with Crippen LogP contribution in [0.25, 0.3) is 10.2 Å². The number of hydrogen-bond donors (Lipinski definition) is 2. The maximum absolute atomic E-state index is 12.3. The van der Waals surface area contributed by atoms with Gasteiger partial charge in [-0.3, -0.25) is 9.59 Å². The van der Waals surface area contributed by atoms with Gasteiger partial charge in [0, 0.05) is 17.1 Å². The number of rotatable bonds is 5. The average molecular weight is 323 g/mol. The molecule has 1 aliphatic carbocycles. The number of nitrogens with two attached hydrogens (primary N) is 1. The van der Waals surface area contributed by atoms with Gasteiger partial charge in [0.15, 0.2) is 5.16 Å². The Hall–Kier alpha value is -1.34. The Balaban J connectivity index is 1.82. The van der Waals surface area contributed by atoms with Crippen molar-refractivity contribution in [3.05, 3.63) is 20.8 Å². The van der Waals surface area contributed by atoms with Crippen LogP contribution in [0.5, 0.6) is 0 Å². The van der Waals surface area contributed by atoms with Crippen molar-refractivity contribution in [2.45, 2.75) is 43.7 Å². The minimum absolute atomic E-state index is 0.0307. The minimum atomic E-state index is -0.293. The number of amides is 1. The molecule has 3 N–H and O–H groups in total. The predicted octanol–water partition coefficient (Wildman–Crippen LogP) is 2.22. The first-order valence-electron chi connectivity index (χ1n) is 7.11. The third-order valence-corrected chi connectivity index (χ3v) is 5.75. The second kappa shape index (κ2) is 6.19. The maximum atomic E-state index is 12.3. The number of fused-ring (bicyclic) bond motifs is 3. The third-order valence-electron chi connectivity index (χ3n) is 3.61. The van der Waals surface area contributed by atoms with E-state index in [1.807, 2.05) is 0 Å². The van der Waals surface area contributed by atoms with Crippen molar-refractivity contribution in [2.75, 3.05) is 5.75 Å². The van der Waals surface area contributed by atoms with Gasteiger partial charge in [0.2, 0.25) is 5.91 Å². The van der Waals surface area contributed by atoms with Crippen molar-refractivity contribution in [1.82, 2.24) is 9.97 Å². The van der Waals surface area contributed by atoms with E-state index in [2.05, 4.69) is 9.97 Å². The first kappa shape index (κ1) is 14.6. The van der Waals surface area contributed by atoms with Crippen LogP contribution in [-0.2, 0) is 17.6 Å². The van der Waals surface area contributed by atoms with Crippen LogP contribution in [0.3, 0.4) is 0 Å². The molecule has 2 heterocycles. The van der Waals surface area contributed by atoms with Gasteiger partial charge in [0.1, 0.15) is 4.83 Å². The number of aryl methyl sites for hydroxylation is 2. The van der Waals surface area contributed by atoms with E-state index in [1.165, 1.54) is 28.6 Å². The van der Waals surface area contributed by atoms with Crippen LogP contribution in [-0.4, -0.2) is 21.6 Å². The first-order valence-corrected chi connectivity index (χ1v) is 8.91. The standard InChI is InChI=1S/C14H17N3O2S2/c15-10(18)6-3-7-20-14-16-12(19)11-8-4-1-2-5-9(8)21-13(11)17-14/h1-7H2,(H2,15,18)(H,16,17,19). The zero-order valence-electron chi connectivity index (χ0n) is 11.6. The molecule has 0 bridgehead atoms. The lowest BCUT2D eigenvalue weighted by Gasteiger charge is -2.09. The predicted molar refractivity (Wildman–Crippen MR) is 86.0 cm³/mol. The summed E-state index contributed by atoms with van der Waals surface area (Å²) in [5, 5.41) is 1.42. The van der Waals surface area contributed by atoms with E-state index in [1.54, 1.807) is 11.3 Å². The Kier molecular flexibility index (Phi) is 4.30. The van der Waals surface area contributed by atoms with E-state index in [-0.39, 0.29) is 11.5 Å².